The average molecular weight is 478 g/mol. The Morgan fingerprint density at radius 1 is 0.971 bits per heavy atom. The van der Waals surface area contributed by atoms with Crippen molar-refractivity contribution in [2.75, 3.05) is 23.3 Å². The van der Waals surface area contributed by atoms with Gasteiger partial charge in [0.15, 0.2) is 11.5 Å². The third kappa shape index (κ3) is 3.70. The van der Waals surface area contributed by atoms with Gasteiger partial charge < -0.3 is 10.2 Å². The Bertz CT molecular complexity index is 1420. The smallest absolute Gasteiger partial charge is 0.228 e. The zero-order chi connectivity index (χ0) is 22.5. The van der Waals surface area contributed by atoms with Crippen LogP contribution >= 0.6 is 12.4 Å². The van der Waals surface area contributed by atoms with E-state index in [0.717, 1.165) is 33.9 Å². The van der Waals surface area contributed by atoms with Crippen molar-refractivity contribution in [1.29, 1.82) is 0 Å². The summed E-state index contributed by atoms with van der Waals surface area (Å²) in [7, 11) is 0. The number of carbonyl (C=O) groups excluding carboxylic acids is 2. The summed E-state index contributed by atoms with van der Waals surface area (Å²) < 4.78 is 15.6. The first-order valence-electron chi connectivity index (χ1n) is 10.9. The van der Waals surface area contributed by atoms with Crippen molar-refractivity contribution in [1.82, 2.24) is 14.4 Å². The predicted octanol–water partition coefficient (Wildman–Crippen LogP) is 4.29. The molecule has 6 rings (SSSR count). The van der Waals surface area contributed by atoms with E-state index >= 15 is 0 Å². The number of Topliss-reactive ketones (excluding diaryl/α,β-unsaturated/α-hetero) is 1. The molecular formula is C25H21ClFN5O2. The summed E-state index contributed by atoms with van der Waals surface area (Å²) >= 11 is 0. The number of fused-ring (bicyclic) bond motifs is 2. The standard InChI is InChI=1S/C25H20FN5O2.ClH/c26-18-4-1-15(2-5-18)22-23(16-3-6-20-17(13-16)14-21(33)28-20)31-12-9-27-24(25(31)29-22)30-10-7-19(32)8-11-30;/h1-6,9,12-13H,7-8,10-11,14H2,(H,28,33);1H. The van der Waals surface area contributed by atoms with Gasteiger partial charge in [-0.05, 0) is 42.0 Å². The molecule has 0 atom stereocenters. The first kappa shape index (κ1) is 22.0. The van der Waals surface area contributed by atoms with E-state index < -0.39 is 0 Å². The Morgan fingerprint density at radius 2 is 1.71 bits per heavy atom. The van der Waals surface area contributed by atoms with Crippen molar-refractivity contribution >= 4 is 41.2 Å². The fourth-order valence-corrected chi connectivity index (χ4v) is 4.62. The van der Waals surface area contributed by atoms with E-state index in [4.69, 9.17) is 4.98 Å². The highest BCUT2D eigenvalue weighted by molar-refractivity contribution is 6.00. The molecule has 0 saturated carbocycles. The van der Waals surface area contributed by atoms with Gasteiger partial charge in [-0.2, -0.15) is 0 Å². The van der Waals surface area contributed by atoms with E-state index in [1.54, 1.807) is 18.3 Å². The minimum atomic E-state index is -0.313. The number of piperidine rings is 1. The fraction of sp³-hybridized carbons (Fsp3) is 0.200. The van der Waals surface area contributed by atoms with Crippen molar-refractivity contribution in [2.24, 2.45) is 0 Å². The topological polar surface area (TPSA) is 79.6 Å². The van der Waals surface area contributed by atoms with Crippen molar-refractivity contribution < 1.29 is 14.0 Å². The van der Waals surface area contributed by atoms with Crippen LogP contribution in [-0.2, 0) is 16.0 Å². The SMILES string of the molecule is Cl.O=C1CCN(c2nccn3c(-c4ccc5c(c4)CC(=O)N5)c(-c4ccc(F)cc4)nc23)CC1. The summed E-state index contributed by atoms with van der Waals surface area (Å²) in [6, 6.07) is 12.1. The number of ketones is 1. The highest BCUT2D eigenvalue weighted by Crippen LogP contribution is 2.37. The summed E-state index contributed by atoms with van der Waals surface area (Å²) in [6.45, 7) is 1.21. The normalized spacial score (nSPS) is 15.3. The van der Waals surface area contributed by atoms with Crippen LogP contribution in [0.25, 0.3) is 28.2 Å². The number of hydrogen-bond donors (Lipinski definition) is 1. The minimum absolute atomic E-state index is 0. The Labute approximate surface area is 201 Å². The lowest BCUT2D eigenvalue weighted by molar-refractivity contribution is -0.119. The van der Waals surface area contributed by atoms with Gasteiger partial charge in [0.25, 0.3) is 0 Å². The van der Waals surface area contributed by atoms with Crippen LogP contribution in [0, 0.1) is 5.82 Å². The molecule has 2 aliphatic rings. The maximum absolute atomic E-state index is 13.6. The largest absolute Gasteiger partial charge is 0.353 e. The van der Waals surface area contributed by atoms with E-state index in [9.17, 15) is 14.0 Å². The number of halogens is 2. The molecule has 1 amide bonds. The number of anilines is 2. The van der Waals surface area contributed by atoms with Crippen LogP contribution in [0.3, 0.4) is 0 Å². The van der Waals surface area contributed by atoms with Crippen molar-refractivity contribution in [3.63, 3.8) is 0 Å². The van der Waals surface area contributed by atoms with Gasteiger partial charge in [-0.25, -0.2) is 14.4 Å². The summed E-state index contributed by atoms with van der Waals surface area (Å²) in [5.74, 6) is 0.643. The molecule has 0 radical (unpaired) electrons. The van der Waals surface area contributed by atoms with Gasteiger partial charge in [0, 0.05) is 55.1 Å². The number of benzene rings is 2. The second-order valence-electron chi connectivity index (χ2n) is 8.38. The van der Waals surface area contributed by atoms with Gasteiger partial charge in [0.2, 0.25) is 5.91 Å². The number of rotatable bonds is 3. The first-order valence-corrected chi connectivity index (χ1v) is 10.9. The maximum Gasteiger partial charge on any atom is 0.228 e. The van der Waals surface area contributed by atoms with E-state index in [1.807, 2.05) is 28.8 Å². The van der Waals surface area contributed by atoms with Gasteiger partial charge in [-0.1, -0.05) is 6.07 Å². The molecular weight excluding hydrogens is 457 g/mol. The van der Waals surface area contributed by atoms with Crippen molar-refractivity contribution in [3.05, 3.63) is 66.2 Å². The number of nitrogens with one attached hydrogen (secondary N) is 1. The fourth-order valence-electron chi connectivity index (χ4n) is 4.62. The first-order chi connectivity index (χ1) is 16.1. The molecule has 0 bridgehead atoms. The summed E-state index contributed by atoms with van der Waals surface area (Å²) in [4.78, 5) is 35.3. The summed E-state index contributed by atoms with van der Waals surface area (Å²) in [6.07, 6.45) is 4.91. The van der Waals surface area contributed by atoms with Crippen LogP contribution in [0.4, 0.5) is 15.9 Å². The van der Waals surface area contributed by atoms with E-state index in [2.05, 4.69) is 15.2 Å². The molecule has 9 heteroatoms. The predicted molar refractivity (Wildman–Crippen MR) is 130 cm³/mol. The van der Waals surface area contributed by atoms with Crippen LogP contribution in [0.5, 0.6) is 0 Å². The molecule has 2 aliphatic heterocycles. The lowest BCUT2D eigenvalue weighted by Crippen LogP contribution is -2.34. The minimum Gasteiger partial charge on any atom is -0.353 e. The molecule has 0 aliphatic carbocycles. The summed E-state index contributed by atoms with van der Waals surface area (Å²) in [5.41, 5.74) is 5.66. The Balaban J connectivity index is 0.00000241. The summed E-state index contributed by atoms with van der Waals surface area (Å²) in [5, 5.41) is 2.87. The second-order valence-corrected chi connectivity index (χ2v) is 8.38. The third-order valence-corrected chi connectivity index (χ3v) is 6.27. The van der Waals surface area contributed by atoms with E-state index in [-0.39, 0.29) is 29.9 Å². The van der Waals surface area contributed by atoms with Gasteiger partial charge in [0.05, 0.1) is 17.8 Å². The Hall–Kier alpha value is -3.78. The van der Waals surface area contributed by atoms with E-state index in [0.29, 0.717) is 43.7 Å². The number of nitrogens with zero attached hydrogens (tertiary/aromatic N) is 4. The van der Waals surface area contributed by atoms with Crippen molar-refractivity contribution in [2.45, 2.75) is 19.3 Å². The zero-order valence-corrected chi connectivity index (χ0v) is 18.9. The monoisotopic (exact) mass is 477 g/mol. The molecule has 34 heavy (non-hydrogen) atoms. The number of amides is 1. The maximum atomic E-state index is 13.6. The number of aromatic nitrogens is 3. The van der Waals surface area contributed by atoms with Gasteiger partial charge >= 0.3 is 0 Å². The van der Waals surface area contributed by atoms with E-state index in [1.165, 1.54) is 12.1 Å². The van der Waals surface area contributed by atoms with Crippen LogP contribution < -0.4 is 10.2 Å². The van der Waals surface area contributed by atoms with Gasteiger partial charge in [0.1, 0.15) is 11.6 Å². The number of imidazole rings is 1. The molecule has 1 fully saturated rings. The third-order valence-electron chi connectivity index (χ3n) is 6.27. The number of hydrogen-bond acceptors (Lipinski definition) is 5. The molecule has 4 heterocycles. The van der Waals surface area contributed by atoms with Crippen LogP contribution in [-0.4, -0.2) is 39.1 Å². The molecule has 0 unspecified atom stereocenters. The molecule has 0 spiro atoms. The van der Waals surface area contributed by atoms with Crippen LogP contribution in [0.2, 0.25) is 0 Å². The molecule has 4 aromatic rings. The Kier molecular flexibility index (Phi) is 5.53. The molecule has 1 N–H and O–H groups in total. The molecule has 2 aromatic carbocycles. The van der Waals surface area contributed by atoms with Crippen molar-refractivity contribution in [3.8, 4) is 22.5 Å². The van der Waals surface area contributed by atoms with Crippen LogP contribution in [0.1, 0.15) is 18.4 Å². The Morgan fingerprint density at radius 3 is 2.47 bits per heavy atom. The average Bonchev–Trinajstić information content (AvgIpc) is 3.39. The quantitative estimate of drug-likeness (QED) is 0.476. The zero-order valence-electron chi connectivity index (χ0n) is 18.1. The van der Waals surface area contributed by atoms with Gasteiger partial charge in [-0.15, -0.1) is 12.4 Å². The van der Waals surface area contributed by atoms with Gasteiger partial charge in [-0.3, -0.25) is 14.0 Å². The highest BCUT2D eigenvalue weighted by Gasteiger charge is 2.25. The lowest BCUT2D eigenvalue weighted by Gasteiger charge is -2.27. The molecule has 2 aromatic heterocycles. The highest BCUT2D eigenvalue weighted by atomic mass is 35.5. The number of carbonyl (C=O) groups is 2. The second kappa shape index (κ2) is 8.53. The molecule has 7 nitrogen and oxygen atoms in total. The molecule has 172 valence electrons. The van der Waals surface area contributed by atoms with Crippen LogP contribution in [0.15, 0.2) is 54.9 Å². The lowest BCUT2D eigenvalue weighted by atomic mass is 10.0. The molecule has 1 saturated heterocycles.